The van der Waals surface area contributed by atoms with Gasteiger partial charge in [-0.3, -0.25) is 53.3 Å². The second kappa shape index (κ2) is 35.6. The van der Waals surface area contributed by atoms with Gasteiger partial charge in [0.25, 0.3) is 0 Å². The molecule has 1 heterocycles. The quantitative estimate of drug-likeness (QED) is 0.0151. The van der Waals surface area contributed by atoms with Crippen molar-refractivity contribution < 1.29 is 53.4 Å². The van der Waals surface area contributed by atoms with Crippen LogP contribution in [0.15, 0.2) is 69.7 Å². The molecule has 3 rings (SSSR count). The van der Waals surface area contributed by atoms with Crippen LogP contribution in [0.4, 0.5) is 0 Å². The molecule has 0 aliphatic rings. The van der Waals surface area contributed by atoms with Crippen LogP contribution in [-0.4, -0.2) is 161 Å². The normalized spacial score (nSPS) is 13.8. The minimum absolute atomic E-state index is 0.000118. The van der Waals surface area contributed by atoms with Crippen molar-refractivity contribution in [2.45, 2.75) is 134 Å². The van der Waals surface area contributed by atoms with Crippen molar-refractivity contribution >= 4 is 82.0 Å². The number of phenols is 1. The van der Waals surface area contributed by atoms with Crippen molar-refractivity contribution in [1.82, 2.24) is 47.5 Å². The summed E-state index contributed by atoms with van der Waals surface area (Å²) in [4.78, 5) is 139. The molecule has 0 saturated carbocycles. The second-order valence-corrected chi connectivity index (χ2v) is 20.5. The van der Waals surface area contributed by atoms with Crippen LogP contribution in [0.5, 0.6) is 5.75 Å². The molecule has 1 aromatic heterocycles. The van der Waals surface area contributed by atoms with Crippen LogP contribution in [0.25, 0.3) is 10.9 Å². The van der Waals surface area contributed by atoms with Gasteiger partial charge in [-0.05, 0) is 86.1 Å². The third kappa shape index (κ3) is 24.9. The summed E-state index contributed by atoms with van der Waals surface area (Å²) < 4.78 is 0. The first-order valence-corrected chi connectivity index (χ1v) is 27.6. The number of phenolic OH excluding ortho intramolecular Hbond substituents is 1. The van der Waals surface area contributed by atoms with E-state index in [1.54, 1.807) is 52.1 Å². The molecule has 0 saturated heterocycles. The van der Waals surface area contributed by atoms with Crippen molar-refractivity contribution in [2.75, 3.05) is 32.7 Å². The molecule has 3 aromatic rings. The minimum Gasteiger partial charge on any atom is -0.508 e. The van der Waals surface area contributed by atoms with Crippen LogP contribution < -0.4 is 82.7 Å². The number of amides is 8. The molecule has 30 heteroatoms. The first kappa shape index (κ1) is 69.1. The summed E-state index contributed by atoms with van der Waals surface area (Å²) in [5.41, 5.74) is 40.5. The first-order chi connectivity index (χ1) is 39.8. The Morgan fingerprint density at radius 1 is 0.560 bits per heavy atom. The van der Waals surface area contributed by atoms with Crippen molar-refractivity contribution in [3.05, 3.63) is 65.9 Å². The Morgan fingerprint density at radius 3 is 1.49 bits per heavy atom. The predicted molar refractivity (Wildman–Crippen MR) is 316 cm³/mol. The zero-order valence-electron chi connectivity index (χ0n) is 48.0. The number of hydrogen-bond donors (Lipinski definition) is 18. The highest BCUT2D eigenvalue weighted by atomic mass is 16.4. The van der Waals surface area contributed by atoms with Gasteiger partial charge in [0, 0.05) is 49.6 Å². The highest BCUT2D eigenvalue weighted by Gasteiger charge is 2.35. The molecule has 30 nitrogen and oxygen atoms in total. The number of aromatic amines is 1. The number of nitrogens with zero attached hydrogens (tertiary/aromatic N) is 3. The van der Waals surface area contributed by atoms with Gasteiger partial charge in [0.15, 0.2) is 17.9 Å². The summed E-state index contributed by atoms with van der Waals surface area (Å²) in [6, 6.07) is 3.30. The number of carboxylic acid groups (broad SMARTS) is 1. The zero-order valence-corrected chi connectivity index (χ0v) is 48.0. The van der Waals surface area contributed by atoms with Crippen molar-refractivity contribution in [1.29, 1.82) is 0 Å². The summed E-state index contributed by atoms with van der Waals surface area (Å²) in [5, 5.41) is 41.8. The van der Waals surface area contributed by atoms with E-state index in [4.69, 9.17) is 40.1 Å². The highest BCUT2D eigenvalue weighted by Crippen LogP contribution is 2.20. The Labute approximate surface area is 486 Å². The molecule has 8 atom stereocenters. The Kier molecular flexibility index (Phi) is 29.3. The Hall–Kier alpha value is -9.22. The molecular weight excluding hydrogens is 1090 g/mol. The number of aliphatic imine (C=N–C) groups is 3. The lowest BCUT2D eigenvalue weighted by Gasteiger charge is -2.29. The maximum Gasteiger partial charge on any atom is 0.326 e. The SMILES string of the molecule is CC[C@H](C)[C@H](NC(=O)CNC(=O)CN)C(=O)N[C@@H](CCCN=C(N)N)C(=O)N[C@@H](CCCN=C(N)N)C(=O)N[C@@H](CC(C)C)C(=O)N[C@@H](CCCN=C(N)N)C(=O)N[C@@H](Cc1c[nH]c2ccccc12)C(=O)N[C@@H](Cc1ccc(O)cc1)C(=O)O. The van der Waals surface area contributed by atoms with Crippen molar-refractivity contribution in [2.24, 2.45) is 66.9 Å². The number of carbonyl (C=O) groups excluding carboxylic acids is 8. The third-order valence-corrected chi connectivity index (χ3v) is 13.2. The number of benzene rings is 2. The standard InChI is InChI=1S/C54H85N19O11/c1-5-30(4)44(73-43(76)28-66-42(75)26-55)50(82)69-38(15-10-22-64-54(60)61)45(77)67-36(13-8-20-62-52(56)57)46(78)70-39(23-29(2)3)48(80)68-37(14-9-21-63-53(58)59)47(79)71-40(25-32-27-65-35-12-7-6-11-34(32)35)49(81)72-41(51(83)84)24-31-16-18-33(74)19-17-31/h6-7,11-12,16-19,27,29-30,36-41,44,65,74H,5,8-10,13-15,20-26,28,55H2,1-4H3,(H,66,75)(H,67,77)(H,68,80)(H,69,82)(H,70,78)(H,71,79)(H,72,81)(H,73,76)(H,83,84)(H4,56,57,62)(H4,58,59,63)(H4,60,61,64)/t30-,36-,37-,38-,39-,40-,41-,44-/m0/s1. The van der Waals surface area contributed by atoms with Gasteiger partial charge >= 0.3 is 5.97 Å². The molecule has 0 bridgehead atoms. The summed E-state index contributed by atoms with van der Waals surface area (Å²) in [7, 11) is 0. The van der Waals surface area contributed by atoms with E-state index >= 15 is 0 Å². The Balaban J connectivity index is 2.01. The maximum absolute atomic E-state index is 14.6. The molecule has 0 fully saturated rings. The first-order valence-electron chi connectivity index (χ1n) is 27.6. The number of carboxylic acids is 1. The smallest absolute Gasteiger partial charge is 0.326 e. The van der Waals surface area contributed by atoms with Gasteiger partial charge in [-0.1, -0.05) is 64.4 Å². The highest BCUT2D eigenvalue weighted by molar-refractivity contribution is 5.98. The van der Waals surface area contributed by atoms with Gasteiger partial charge in [-0.25, -0.2) is 4.79 Å². The monoisotopic (exact) mass is 1180 g/mol. The number of hydrogen-bond acceptors (Lipinski definition) is 14. The minimum atomic E-state index is -1.48. The topological polar surface area (TPSA) is 525 Å². The van der Waals surface area contributed by atoms with Gasteiger partial charge < -0.3 is 97.9 Å². The summed E-state index contributed by atoms with van der Waals surface area (Å²) in [6.07, 6.45) is 1.85. The molecule has 25 N–H and O–H groups in total. The molecule has 84 heavy (non-hydrogen) atoms. The van der Waals surface area contributed by atoms with Crippen LogP contribution >= 0.6 is 0 Å². The Morgan fingerprint density at radius 2 is 1.01 bits per heavy atom. The fraction of sp³-hybridized carbons (Fsp3) is 0.519. The fourth-order valence-corrected chi connectivity index (χ4v) is 8.62. The average molecular weight is 1180 g/mol. The summed E-state index contributed by atoms with van der Waals surface area (Å²) in [6.45, 7) is 6.26. The zero-order chi connectivity index (χ0) is 62.5. The number of para-hydroxylation sites is 1. The lowest BCUT2D eigenvalue weighted by Crippen LogP contribution is -2.60. The number of aliphatic carboxylic acids is 1. The van der Waals surface area contributed by atoms with Crippen LogP contribution in [0.1, 0.15) is 90.2 Å². The predicted octanol–water partition coefficient (Wildman–Crippen LogP) is -3.54. The van der Waals surface area contributed by atoms with Gasteiger partial charge in [0.1, 0.15) is 48.0 Å². The summed E-state index contributed by atoms with van der Waals surface area (Å²) >= 11 is 0. The van der Waals surface area contributed by atoms with E-state index < -0.39 is 108 Å². The van der Waals surface area contributed by atoms with E-state index in [1.165, 1.54) is 24.3 Å². The van der Waals surface area contributed by atoms with E-state index in [0.29, 0.717) is 17.5 Å². The molecule has 2 aromatic carbocycles. The number of nitrogens with one attached hydrogen (secondary N) is 9. The fourth-order valence-electron chi connectivity index (χ4n) is 8.62. The number of rotatable bonds is 37. The largest absolute Gasteiger partial charge is 0.508 e. The average Bonchev–Trinajstić information content (AvgIpc) is 3.58. The number of aromatic nitrogens is 1. The van der Waals surface area contributed by atoms with Gasteiger partial charge in [-0.15, -0.1) is 0 Å². The third-order valence-electron chi connectivity index (χ3n) is 13.2. The van der Waals surface area contributed by atoms with Gasteiger partial charge in [0.2, 0.25) is 47.3 Å². The molecule has 0 aliphatic carbocycles. The summed E-state index contributed by atoms with van der Waals surface area (Å²) in [5.74, 6) is -9.20. The molecule has 0 unspecified atom stereocenters. The van der Waals surface area contributed by atoms with Crippen LogP contribution in [-0.2, 0) is 56.0 Å². The van der Waals surface area contributed by atoms with Gasteiger partial charge in [-0.2, -0.15) is 0 Å². The number of aromatic hydroxyl groups is 1. The van der Waals surface area contributed by atoms with Crippen molar-refractivity contribution in [3.63, 3.8) is 0 Å². The molecule has 462 valence electrons. The number of guanidine groups is 3. The van der Waals surface area contributed by atoms with E-state index in [9.17, 15) is 53.4 Å². The molecular formula is C54H85N19O11. The van der Waals surface area contributed by atoms with E-state index in [1.807, 2.05) is 6.07 Å². The van der Waals surface area contributed by atoms with Gasteiger partial charge in [0.05, 0.1) is 13.1 Å². The number of fused-ring (bicyclic) bond motifs is 1. The molecule has 0 radical (unpaired) electrons. The van der Waals surface area contributed by atoms with Crippen LogP contribution in [0, 0.1) is 11.8 Å². The molecule has 0 spiro atoms. The lowest BCUT2D eigenvalue weighted by atomic mass is 9.97. The number of nitrogens with two attached hydrogens (primary N) is 7. The molecule has 8 amide bonds. The van der Waals surface area contributed by atoms with E-state index in [0.717, 1.165) is 10.9 Å². The van der Waals surface area contributed by atoms with E-state index in [-0.39, 0.29) is 114 Å². The number of H-pyrrole nitrogens is 1. The Bertz CT molecular complexity index is 2780. The van der Waals surface area contributed by atoms with E-state index in [2.05, 4.69) is 62.5 Å². The van der Waals surface area contributed by atoms with Crippen molar-refractivity contribution in [3.8, 4) is 5.75 Å². The lowest BCUT2D eigenvalue weighted by molar-refractivity contribution is -0.142. The van der Waals surface area contributed by atoms with Crippen LogP contribution in [0.2, 0.25) is 0 Å². The molecule has 0 aliphatic heterocycles. The number of carbonyl (C=O) groups is 9. The van der Waals surface area contributed by atoms with Crippen LogP contribution in [0.3, 0.4) is 0 Å². The second-order valence-electron chi connectivity index (χ2n) is 20.5. The maximum atomic E-state index is 14.6.